The van der Waals surface area contributed by atoms with Crippen LogP contribution in [0, 0.1) is 25.6 Å². The van der Waals surface area contributed by atoms with E-state index in [0.29, 0.717) is 11.6 Å². The quantitative estimate of drug-likeness (QED) is 0.298. The van der Waals surface area contributed by atoms with Crippen molar-refractivity contribution in [1.82, 2.24) is 0 Å². The molecule has 1 aliphatic carbocycles. The molecular formula is C30H31FN+. The van der Waals surface area contributed by atoms with Gasteiger partial charge in [0.1, 0.15) is 12.9 Å². The summed E-state index contributed by atoms with van der Waals surface area (Å²) in [5, 5.41) is 2.04. The normalized spacial score (nSPS) is 14.8. The lowest BCUT2D eigenvalue weighted by atomic mass is 9.92. The Morgan fingerprint density at radius 2 is 1.72 bits per heavy atom. The molecule has 162 valence electrons. The van der Waals surface area contributed by atoms with Crippen molar-refractivity contribution in [2.75, 3.05) is 0 Å². The van der Waals surface area contributed by atoms with Crippen LogP contribution in [0.5, 0.6) is 0 Å². The highest BCUT2D eigenvalue weighted by Crippen LogP contribution is 2.35. The number of hydrogen-bond donors (Lipinski definition) is 0. The maximum atomic E-state index is 15.0. The fourth-order valence-corrected chi connectivity index (χ4v) is 5.30. The molecule has 1 heterocycles. The first-order valence-electron chi connectivity index (χ1n) is 12.2. The van der Waals surface area contributed by atoms with E-state index in [0.717, 1.165) is 51.2 Å². The number of aromatic nitrogens is 1. The average molecular weight is 426 g/mol. The lowest BCUT2D eigenvalue weighted by Gasteiger charge is -2.14. The van der Waals surface area contributed by atoms with Crippen LogP contribution in [0.15, 0.2) is 66.7 Å². The minimum atomic E-state index is -0.206. The SMILES string of the molecule is [2H]c1c(C)[n+](C)c(-c2cc(-c3ccccc3)c(F)cc2C)c2ccc(CC3CCCC3)cc12. The van der Waals surface area contributed by atoms with Gasteiger partial charge in [0.05, 0.1) is 12.3 Å². The van der Waals surface area contributed by atoms with Gasteiger partial charge in [0.2, 0.25) is 5.69 Å². The van der Waals surface area contributed by atoms with Crippen molar-refractivity contribution in [3.63, 3.8) is 0 Å². The Hall–Kier alpha value is -3.00. The molecule has 0 amide bonds. The van der Waals surface area contributed by atoms with Crippen molar-refractivity contribution in [3.05, 3.63) is 89.3 Å². The standard InChI is InChI=1S/C30H31FN/c1-20-15-29(31)28(24-11-5-4-6-12-24)19-27(20)30-26-14-13-23(17-22-9-7-8-10-22)18-25(26)16-21(2)32(30)3/h4-6,11-16,18-19,22H,7-10,17H2,1-3H3/q+1/i16D. The molecule has 4 aromatic rings. The first kappa shape index (κ1) is 19.7. The summed E-state index contributed by atoms with van der Waals surface area (Å²) in [6.07, 6.45) is 6.41. The molecule has 0 N–H and O–H groups in total. The highest BCUT2D eigenvalue weighted by molar-refractivity contribution is 5.95. The van der Waals surface area contributed by atoms with Gasteiger partial charge in [-0.1, -0.05) is 68.1 Å². The van der Waals surface area contributed by atoms with Crippen LogP contribution in [0.4, 0.5) is 4.39 Å². The Bertz CT molecular complexity index is 1340. The summed E-state index contributed by atoms with van der Waals surface area (Å²) in [4.78, 5) is 0. The van der Waals surface area contributed by atoms with E-state index in [-0.39, 0.29) is 5.82 Å². The number of fused-ring (bicyclic) bond motifs is 1. The van der Waals surface area contributed by atoms with Gasteiger partial charge < -0.3 is 0 Å². The molecule has 32 heavy (non-hydrogen) atoms. The summed E-state index contributed by atoms with van der Waals surface area (Å²) in [5.74, 6) is 0.562. The average Bonchev–Trinajstić information content (AvgIpc) is 3.33. The molecule has 3 aromatic carbocycles. The highest BCUT2D eigenvalue weighted by Gasteiger charge is 2.23. The van der Waals surface area contributed by atoms with Crippen LogP contribution in [0.2, 0.25) is 0 Å². The van der Waals surface area contributed by atoms with Crippen molar-refractivity contribution in [3.8, 4) is 22.4 Å². The summed E-state index contributed by atoms with van der Waals surface area (Å²) in [6, 6.07) is 20.6. The van der Waals surface area contributed by atoms with Crippen molar-refractivity contribution in [1.29, 1.82) is 0 Å². The summed E-state index contributed by atoms with van der Waals surface area (Å²) in [7, 11) is 2.01. The molecule has 0 unspecified atom stereocenters. The van der Waals surface area contributed by atoms with Crippen molar-refractivity contribution in [2.24, 2.45) is 13.0 Å². The van der Waals surface area contributed by atoms with Gasteiger partial charge in [-0.2, -0.15) is 4.57 Å². The van der Waals surface area contributed by atoms with Crippen LogP contribution >= 0.6 is 0 Å². The van der Waals surface area contributed by atoms with E-state index >= 15 is 0 Å². The number of aryl methyl sites for hydroxylation is 1. The molecular weight excluding hydrogens is 393 g/mol. The van der Waals surface area contributed by atoms with E-state index in [1.807, 2.05) is 57.3 Å². The van der Waals surface area contributed by atoms with Gasteiger partial charge in [0.25, 0.3) is 0 Å². The molecule has 1 aromatic heterocycles. The van der Waals surface area contributed by atoms with E-state index in [1.54, 1.807) is 6.07 Å². The van der Waals surface area contributed by atoms with Gasteiger partial charge in [0.15, 0.2) is 5.69 Å². The molecule has 5 rings (SSSR count). The molecule has 0 spiro atoms. The van der Waals surface area contributed by atoms with Gasteiger partial charge in [0, 0.05) is 18.5 Å². The van der Waals surface area contributed by atoms with E-state index in [1.165, 1.54) is 31.2 Å². The Kier molecular flexibility index (Phi) is 5.23. The topological polar surface area (TPSA) is 3.88 Å². The molecule has 0 bridgehead atoms. The fourth-order valence-electron chi connectivity index (χ4n) is 5.30. The summed E-state index contributed by atoms with van der Waals surface area (Å²) in [5.41, 5.74) is 6.67. The number of pyridine rings is 1. The highest BCUT2D eigenvalue weighted by atomic mass is 19.1. The molecule has 0 radical (unpaired) electrons. The third kappa shape index (κ3) is 3.83. The van der Waals surface area contributed by atoms with Crippen LogP contribution in [-0.2, 0) is 13.5 Å². The lowest BCUT2D eigenvalue weighted by molar-refractivity contribution is -0.665. The van der Waals surface area contributed by atoms with Crippen molar-refractivity contribution >= 4 is 10.8 Å². The molecule has 1 fully saturated rings. The van der Waals surface area contributed by atoms with Crippen LogP contribution in [0.25, 0.3) is 33.2 Å². The lowest BCUT2D eigenvalue weighted by Crippen LogP contribution is -2.35. The van der Waals surface area contributed by atoms with E-state index in [9.17, 15) is 4.39 Å². The van der Waals surface area contributed by atoms with E-state index in [4.69, 9.17) is 1.37 Å². The molecule has 0 saturated heterocycles. The summed E-state index contributed by atoms with van der Waals surface area (Å²) < 4.78 is 25.9. The van der Waals surface area contributed by atoms with Crippen LogP contribution in [0.3, 0.4) is 0 Å². The zero-order chi connectivity index (χ0) is 23.1. The predicted octanol–water partition coefficient (Wildman–Crippen LogP) is 7.49. The molecule has 2 heteroatoms. The van der Waals surface area contributed by atoms with Gasteiger partial charge in [-0.05, 0) is 59.5 Å². The maximum Gasteiger partial charge on any atom is 0.220 e. The number of benzene rings is 3. The summed E-state index contributed by atoms with van der Waals surface area (Å²) >= 11 is 0. The first-order chi connectivity index (χ1) is 15.9. The Morgan fingerprint density at radius 3 is 2.47 bits per heavy atom. The van der Waals surface area contributed by atoms with Gasteiger partial charge in [-0.15, -0.1) is 0 Å². The van der Waals surface area contributed by atoms with Gasteiger partial charge in [-0.3, -0.25) is 0 Å². The third-order valence-electron chi connectivity index (χ3n) is 7.15. The minimum absolute atomic E-state index is 0.206. The number of halogens is 1. The molecule has 0 aliphatic heterocycles. The fraction of sp³-hybridized carbons (Fsp3) is 0.300. The van der Waals surface area contributed by atoms with Crippen molar-refractivity contribution in [2.45, 2.75) is 46.0 Å². The van der Waals surface area contributed by atoms with Gasteiger partial charge >= 0.3 is 0 Å². The van der Waals surface area contributed by atoms with Crippen molar-refractivity contribution < 1.29 is 10.3 Å². The molecule has 1 aliphatic rings. The zero-order valence-electron chi connectivity index (χ0n) is 20.2. The Morgan fingerprint density at radius 1 is 0.969 bits per heavy atom. The van der Waals surface area contributed by atoms with Crippen LogP contribution < -0.4 is 4.57 Å². The summed E-state index contributed by atoms with van der Waals surface area (Å²) in [6.45, 7) is 3.98. The van der Waals surface area contributed by atoms with E-state index in [2.05, 4.69) is 22.8 Å². The largest absolute Gasteiger partial charge is 0.220 e. The molecule has 1 nitrogen and oxygen atoms in total. The van der Waals surface area contributed by atoms with Crippen LogP contribution in [0.1, 0.15) is 43.9 Å². The number of hydrogen-bond acceptors (Lipinski definition) is 0. The third-order valence-corrected chi connectivity index (χ3v) is 7.15. The van der Waals surface area contributed by atoms with E-state index < -0.39 is 0 Å². The van der Waals surface area contributed by atoms with Crippen LogP contribution in [-0.4, -0.2) is 0 Å². The second-order valence-electron chi connectivity index (χ2n) is 9.37. The molecule has 0 atom stereocenters. The molecule has 1 saturated carbocycles. The van der Waals surface area contributed by atoms with Gasteiger partial charge in [-0.25, -0.2) is 4.39 Å². The smallest absolute Gasteiger partial charge is 0.206 e. The Labute approximate surface area is 192 Å². The predicted molar refractivity (Wildman–Crippen MR) is 131 cm³/mol. The second-order valence-corrected chi connectivity index (χ2v) is 9.37. The number of nitrogens with zero attached hydrogens (tertiary/aromatic N) is 1. The Balaban J connectivity index is 1.71. The minimum Gasteiger partial charge on any atom is -0.206 e. The monoisotopic (exact) mass is 425 g/mol. The maximum absolute atomic E-state index is 15.0. The second kappa shape index (κ2) is 8.50. The zero-order valence-corrected chi connectivity index (χ0v) is 19.2. The number of rotatable bonds is 4. The first-order valence-corrected chi connectivity index (χ1v) is 11.7.